The van der Waals surface area contributed by atoms with Crippen molar-refractivity contribution in [3.8, 4) is 11.5 Å². The van der Waals surface area contributed by atoms with Crippen LogP contribution in [0.5, 0.6) is 11.5 Å². The van der Waals surface area contributed by atoms with Crippen molar-refractivity contribution in [3.63, 3.8) is 0 Å². The molecule has 4 fully saturated rings. The van der Waals surface area contributed by atoms with Gasteiger partial charge in [0.05, 0.1) is 47.3 Å². The molecule has 12 atom stereocenters. The molecule has 29 heteroatoms. The lowest BCUT2D eigenvalue weighted by Gasteiger charge is -2.38. The van der Waals surface area contributed by atoms with Crippen LogP contribution in [0.25, 0.3) is 0 Å². The summed E-state index contributed by atoms with van der Waals surface area (Å²) >= 11 is 17.4. The minimum atomic E-state index is -1.21. The van der Waals surface area contributed by atoms with Crippen LogP contribution in [0.15, 0.2) is 109 Å². The van der Waals surface area contributed by atoms with Crippen LogP contribution in [0, 0.1) is 34.5 Å². The number of carbonyl (C=O) groups is 8. The summed E-state index contributed by atoms with van der Waals surface area (Å²) < 4.78 is 47.3. The Kier molecular flexibility index (Phi) is 35.6. The van der Waals surface area contributed by atoms with Gasteiger partial charge in [0.15, 0.2) is 12.2 Å². The van der Waals surface area contributed by atoms with E-state index in [9.17, 15) is 38.4 Å². The molecule has 6 aliphatic rings. The summed E-state index contributed by atoms with van der Waals surface area (Å²) in [6.07, 6.45) is 4.63. The van der Waals surface area contributed by atoms with Gasteiger partial charge in [-0.05, 0) is 156 Å². The number of rotatable bonds is 26. The van der Waals surface area contributed by atoms with Crippen molar-refractivity contribution < 1.29 is 76.3 Å². The second-order valence-electron chi connectivity index (χ2n) is 36.1. The third kappa shape index (κ3) is 29.7. The molecule has 0 aromatic heterocycles. The Labute approximate surface area is 733 Å². The highest BCUT2D eigenvalue weighted by atomic mass is 35.5. The van der Waals surface area contributed by atoms with Crippen LogP contribution in [-0.4, -0.2) is 224 Å². The topological polar surface area (TPSA) is 278 Å². The number of piperazine rings is 2. The monoisotopic (exact) mass is 1750 g/mol. The quantitative estimate of drug-likeness (QED) is 0.0128. The van der Waals surface area contributed by atoms with Gasteiger partial charge in [-0.3, -0.25) is 48.4 Å². The van der Waals surface area contributed by atoms with Gasteiger partial charge in [0.2, 0.25) is 23.6 Å². The van der Waals surface area contributed by atoms with E-state index in [0.717, 1.165) is 89.7 Å². The lowest BCUT2D eigenvalue weighted by Crippen LogP contribution is -2.51. The van der Waals surface area contributed by atoms with E-state index in [4.69, 9.17) is 73.7 Å². The van der Waals surface area contributed by atoms with E-state index < -0.39 is 94.8 Å². The number of methoxy groups -OCH3 is 2. The zero-order chi connectivity index (χ0) is 87.6. The van der Waals surface area contributed by atoms with Gasteiger partial charge in [0.1, 0.15) is 48.0 Å². The molecule has 0 unspecified atom stereocenters. The van der Waals surface area contributed by atoms with Crippen molar-refractivity contribution in [2.24, 2.45) is 34.5 Å². The number of ether oxygens (including phenoxy) is 8. The first-order valence-corrected chi connectivity index (χ1v) is 45.8. The van der Waals surface area contributed by atoms with Crippen LogP contribution >= 0.6 is 57.4 Å². The van der Waals surface area contributed by atoms with Crippen LogP contribution in [0.4, 0.5) is 0 Å². The van der Waals surface area contributed by atoms with Gasteiger partial charge >= 0.3 is 23.9 Å². The number of cyclic esters (lactones) is 4. The standard InChI is InChI=1S/C46H65ClN4O8S2.C45H63ClN4O8S/c1-29(2)23-38-43(54)57-36(30(3)40-41(59-40)33-16-13-31(14-17-33)26-50-19-21-51(22-20-50)28-46(6,7)61-60-9)11-10-12-39(52)49-35(25-32-15-18-37(56-8)34(47)24-32)42(53)48-27-45(4,5)44(55)58-38;1-28(2)22-37-42(53)56-35(29(3)39-40(58-39)32-15-12-30(13-16-32)25-49-18-20-50(21-19-49)27-45(6,7)59)10-9-11-38(51)48-34(24-31-14-17-36(55-8)33(46)23-31)41(52)47-26-44(4,5)43(54)57-37/h10,12-18,24,29-30,35-36,38,40-41H,11,19-23,25-28H2,1-9H3,(H,48,53)(H,49,52);9,11-17,23,28-29,34-35,37,39-40,59H,10,18-22,24-27H2,1-8H3,(H,47,52)(H,48,51)/b12-10+;11-9+/t30-,35+,36-,38-,40+,41+;29-,34+,35-,37-,39+,40+/m00/s1. The molecule has 660 valence electrons. The lowest BCUT2D eigenvalue weighted by atomic mass is 9.92. The van der Waals surface area contributed by atoms with Crippen LogP contribution in [-0.2, 0) is 92.7 Å². The molecular formula is C91H128Cl2N8O16S3. The van der Waals surface area contributed by atoms with E-state index in [1.54, 1.807) is 76.2 Å². The Bertz CT molecular complexity index is 4190. The number of epoxide rings is 2. The number of thiol groups is 1. The number of hydrogen-bond acceptors (Lipinski definition) is 23. The third-order valence-electron chi connectivity index (χ3n) is 22.4. The van der Waals surface area contributed by atoms with Gasteiger partial charge in [-0.25, -0.2) is 9.59 Å². The number of halogens is 2. The molecule has 0 spiro atoms. The summed E-state index contributed by atoms with van der Waals surface area (Å²) in [5.41, 5.74) is 3.54. The molecule has 6 aliphatic heterocycles. The molecule has 0 saturated carbocycles. The van der Waals surface area contributed by atoms with Gasteiger partial charge < -0.3 is 59.2 Å². The van der Waals surface area contributed by atoms with Crippen molar-refractivity contribution in [2.75, 3.05) is 99.0 Å². The molecule has 0 radical (unpaired) electrons. The van der Waals surface area contributed by atoms with Crippen LogP contribution < -0.4 is 30.7 Å². The number of nitrogens with one attached hydrogen (secondary N) is 4. The average molecular weight is 1760 g/mol. The van der Waals surface area contributed by atoms with Crippen LogP contribution in [0.3, 0.4) is 0 Å². The Balaban J connectivity index is 0.000000273. The Hall–Kier alpha value is -6.89. The van der Waals surface area contributed by atoms with Crippen molar-refractivity contribution >= 4 is 105 Å². The smallest absolute Gasteiger partial charge is 0.347 e. The fraction of sp³-hybridized carbons (Fsp3) is 0.604. The van der Waals surface area contributed by atoms with Crippen molar-refractivity contribution in [1.29, 1.82) is 0 Å². The number of carbonyl (C=O) groups excluding carboxylic acids is 8. The Morgan fingerprint density at radius 2 is 0.875 bits per heavy atom. The minimum absolute atomic E-state index is 0.00893. The van der Waals surface area contributed by atoms with Crippen LogP contribution in [0.2, 0.25) is 10.0 Å². The van der Waals surface area contributed by atoms with E-state index in [-0.39, 0.29) is 109 Å². The molecule has 10 rings (SSSR count). The Morgan fingerprint density at radius 1 is 0.517 bits per heavy atom. The molecule has 4 aromatic carbocycles. The second-order valence-corrected chi connectivity index (χ2v) is 41.2. The summed E-state index contributed by atoms with van der Waals surface area (Å²) in [5.74, 6) is -4.20. The van der Waals surface area contributed by atoms with Crippen molar-refractivity contribution in [1.82, 2.24) is 40.9 Å². The zero-order valence-electron chi connectivity index (χ0n) is 73.0. The highest BCUT2D eigenvalue weighted by Crippen LogP contribution is 2.47. The van der Waals surface area contributed by atoms with Crippen molar-refractivity contribution in [2.45, 2.75) is 219 Å². The largest absolute Gasteiger partial charge is 0.495 e. The predicted molar refractivity (Wildman–Crippen MR) is 475 cm³/mol. The highest BCUT2D eigenvalue weighted by Gasteiger charge is 2.50. The number of amides is 4. The Morgan fingerprint density at radius 3 is 1.22 bits per heavy atom. The van der Waals surface area contributed by atoms with E-state index in [2.05, 4.69) is 123 Å². The lowest BCUT2D eigenvalue weighted by molar-refractivity contribution is -0.179. The zero-order valence-corrected chi connectivity index (χ0v) is 77.0. The fourth-order valence-electron chi connectivity index (χ4n) is 15.3. The predicted octanol–water partition coefficient (Wildman–Crippen LogP) is 13.0. The molecule has 4 saturated heterocycles. The van der Waals surface area contributed by atoms with E-state index in [1.807, 2.05) is 63.1 Å². The molecule has 4 aromatic rings. The van der Waals surface area contributed by atoms with Gasteiger partial charge in [-0.1, -0.05) is 159 Å². The number of esters is 4. The number of nitrogens with zero attached hydrogens (tertiary/aromatic N) is 4. The molecule has 4 N–H and O–H groups in total. The highest BCUT2D eigenvalue weighted by molar-refractivity contribution is 8.77. The summed E-state index contributed by atoms with van der Waals surface area (Å²) in [5, 5.41) is 11.9. The fourth-order valence-corrected chi connectivity index (χ4v) is 18.3. The minimum Gasteiger partial charge on any atom is -0.495 e. The molecular weight excluding hydrogens is 1630 g/mol. The maximum absolute atomic E-state index is 13.9. The van der Waals surface area contributed by atoms with Gasteiger partial charge in [-0.2, -0.15) is 12.6 Å². The van der Waals surface area contributed by atoms with E-state index in [0.29, 0.717) is 32.7 Å². The maximum atomic E-state index is 13.9. The van der Waals surface area contributed by atoms with Crippen LogP contribution in [0.1, 0.15) is 168 Å². The first kappa shape index (κ1) is 96.9. The average Bonchev–Trinajstić information content (AvgIpc) is 1.63. The number of hydrogen-bond donors (Lipinski definition) is 5. The summed E-state index contributed by atoms with van der Waals surface area (Å²) in [7, 11) is 6.79. The first-order valence-electron chi connectivity index (χ1n) is 42.0. The summed E-state index contributed by atoms with van der Waals surface area (Å²) in [6, 6.07) is 25.4. The maximum Gasteiger partial charge on any atom is 0.347 e. The molecule has 0 aliphatic carbocycles. The van der Waals surface area contributed by atoms with E-state index >= 15 is 0 Å². The van der Waals surface area contributed by atoms with Gasteiger partial charge in [-0.15, -0.1) is 0 Å². The third-order valence-corrected chi connectivity index (χ3v) is 25.8. The van der Waals surface area contributed by atoms with E-state index in [1.165, 1.54) is 37.5 Å². The SMILES string of the molecule is COc1ccc(C[C@H]2NC(=O)/C=C/C[C@@H]([C@H](C)[C@H]3O[C@@H]3c3ccc(CN4CCN(CC(C)(C)S)CC4)cc3)OC(=O)[C@H](CC(C)C)OC(=O)C(C)(C)CNC2=O)cc1Cl.COc1ccc(C[C@H]2NC(=O)/C=C/C[C@@H]([C@H](C)[C@H]3O[C@@H]3c3ccc(CN4CCN(CC(C)(C)SSC)CC4)cc3)OC(=O)[C@H](CC(C)C)OC(=O)C(C)(C)CNC2=O)cc1Cl. The van der Waals surface area contributed by atoms with Gasteiger partial charge in [0.25, 0.3) is 0 Å². The number of benzene rings is 4. The molecule has 4 amide bonds. The molecule has 6 heterocycles. The van der Waals surface area contributed by atoms with Gasteiger partial charge in [0, 0.05) is 139 Å². The van der Waals surface area contributed by atoms with Crippen molar-refractivity contribution in [3.05, 3.63) is 153 Å². The molecule has 24 nitrogen and oxygen atoms in total. The second kappa shape index (κ2) is 44.1. The molecule has 0 bridgehead atoms. The summed E-state index contributed by atoms with van der Waals surface area (Å²) in [6.45, 7) is 39.0. The normalized spacial score (nSPS) is 26.1. The first-order chi connectivity index (χ1) is 56.7. The molecule has 120 heavy (non-hydrogen) atoms. The summed E-state index contributed by atoms with van der Waals surface area (Å²) in [4.78, 5) is 119.